The molecule has 0 aromatic heterocycles. The molecular weight excluding hydrogens is 212 g/mol. The smallest absolute Gasteiger partial charge is 0.0991 e. The molecule has 0 radical (unpaired) electrons. The summed E-state index contributed by atoms with van der Waals surface area (Å²) in [6, 6.07) is 10.2. The van der Waals surface area contributed by atoms with Crippen LogP contribution in [0.2, 0.25) is 0 Å². The van der Waals surface area contributed by atoms with Crippen molar-refractivity contribution in [2.24, 2.45) is 0 Å². The fourth-order valence-electron chi connectivity index (χ4n) is 1.95. The van der Waals surface area contributed by atoms with Crippen LogP contribution < -0.4 is 0 Å². The number of hydrogen-bond acceptors (Lipinski definition) is 3. The first-order chi connectivity index (χ1) is 8.22. The van der Waals surface area contributed by atoms with E-state index >= 15 is 0 Å². The molecule has 1 aromatic carbocycles. The maximum absolute atomic E-state index is 8.87. The van der Waals surface area contributed by atoms with Crippen LogP contribution in [0.5, 0.6) is 0 Å². The van der Waals surface area contributed by atoms with Crippen molar-refractivity contribution >= 4 is 0 Å². The molecule has 0 saturated heterocycles. The van der Waals surface area contributed by atoms with Crippen LogP contribution in [0.4, 0.5) is 0 Å². The lowest BCUT2D eigenvalue weighted by Crippen LogP contribution is -2.28. The predicted molar refractivity (Wildman–Crippen MR) is 68.5 cm³/mol. The Hall–Kier alpha value is -1.37. The summed E-state index contributed by atoms with van der Waals surface area (Å²) in [4.78, 5) is 2.32. The molecule has 1 atom stereocenters. The maximum Gasteiger partial charge on any atom is 0.0991 e. The third kappa shape index (κ3) is 3.85. The average Bonchev–Trinajstić information content (AvgIpc) is 2.39. The molecular formula is C14H20N2O. The second-order valence-electron chi connectivity index (χ2n) is 4.12. The highest BCUT2D eigenvalue weighted by Crippen LogP contribution is 2.20. The molecule has 3 heteroatoms. The van der Waals surface area contributed by atoms with Crippen LogP contribution in [0.1, 0.15) is 37.4 Å². The largest absolute Gasteiger partial charge is 0.396 e. The normalized spacial score (nSPS) is 12.4. The zero-order valence-corrected chi connectivity index (χ0v) is 10.6. The minimum Gasteiger partial charge on any atom is -0.396 e. The van der Waals surface area contributed by atoms with Crippen LogP contribution in [-0.2, 0) is 0 Å². The first-order valence-corrected chi connectivity index (χ1v) is 6.07. The highest BCUT2D eigenvalue weighted by Gasteiger charge is 2.13. The molecule has 3 nitrogen and oxygen atoms in total. The Kier molecular flexibility index (Phi) is 5.68. The quantitative estimate of drug-likeness (QED) is 0.818. The number of aliphatic hydroxyl groups is 1. The minimum absolute atomic E-state index is 0.233. The lowest BCUT2D eigenvalue weighted by atomic mass is 10.0. The highest BCUT2D eigenvalue weighted by molar-refractivity contribution is 5.32. The average molecular weight is 232 g/mol. The lowest BCUT2D eigenvalue weighted by Gasteiger charge is -2.28. The van der Waals surface area contributed by atoms with Gasteiger partial charge < -0.3 is 5.11 Å². The van der Waals surface area contributed by atoms with E-state index in [1.165, 1.54) is 5.56 Å². The highest BCUT2D eigenvalue weighted by atomic mass is 16.3. The van der Waals surface area contributed by atoms with Gasteiger partial charge in [-0.05, 0) is 37.6 Å². The van der Waals surface area contributed by atoms with Crippen molar-refractivity contribution in [3.63, 3.8) is 0 Å². The van der Waals surface area contributed by atoms with Gasteiger partial charge in [0.15, 0.2) is 0 Å². The molecule has 17 heavy (non-hydrogen) atoms. The predicted octanol–water partition coefficient (Wildman–Crippen LogP) is 2.32. The molecule has 0 heterocycles. The van der Waals surface area contributed by atoms with E-state index in [2.05, 4.69) is 24.8 Å². The summed E-state index contributed by atoms with van der Waals surface area (Å²) in [5, 5.41) is 17.6. The van der Waals surface area contributed by atoms with Crippen LogP contribution in [0.3, 0.4) is 0 Å². The summed E-state index contributed by atoms with van der Waals surface area (Å²) in [5.41, 5.74) is 1.91. The topological polar surface area (TPSA) is 47.3 Å². The third-order valence-corrected chi connectivity index (χ3v) is 3.08. The van der Waals surface area contributed by atoms with E-state index in [0.29, 0.717) is 11.6 Å². The van der Waals surface area contributed by atoms with Crippen LogP contribution in [0, 0.1) is 11.3 Å². The van der Waals surface area contributed by atoms with E-state index in [4.69, 9.17) is 10.4 Å². The van der Waals surface area contributed by atoms with Gasteiger partial charge in [0, 0.05) is 19.2 Å². The molecule has 0 saturated carbocycles. The first-order valence-electron chi connectivity index (χ1n) is 6.07. The number of rotatable bonds is 6. The first kappa shape index (κ1) is 13.7. The van der Waals surface area contributed by atoms with Gasteiger partial charge in [-0.15, -0.1) is 0 Å². The van der Waals surface area contributed by atoms with Gasteiger partial charge in [-0.25, -0.2) is 0 Å². The fraction of sp³-hybridized carbons (Fsp3) is 0.500. The van der Waals surface area contributed by atoms with Crippen molar-refractivity contribution < 1.29 is 5.11 Å². The zero-order valence-electron chi connectivity index (χ0n) is 10.6. The van der Waals surface area contributed by atoms with Crippen molar-refractivity contribution in [1.29, 1.82) is 5.26 Å². The van der Waals surface area contributed by atoms with Gasteiger partial charge in [0.1, 0.15) is 0 Å². The van der Waals surface area contributed by atoms with Gasteiger partial charge in [-0.3, -0.25) is 4.90 Å². The Morgan fingerprint density at radius 3 is 2.47 bits per heavy atom. The van der Waals surface area contributed by atoms with Crippen molar-refractivity contribution in [3.8, 4) is 6.07 Å². The monoisotopic (exact) mass is 232 g/mol. The lowest BCUT2D eigenvalue weighted by molar-refractivity contribution is 0.191. The molecule has 1 rings (SSSR count). The molecule has 0 aliphatic rings. The molecule has 0 aliphatic heterocycles. The van der Waals surface area contributed by atoms with E-state index in [1.807, 2.05) is 24.3 Å². The fourth-order valence-corrected chi connectivity index (χ4v) is 1.95. The summed E-state index contributed by atoms with van der Waals surface area (Å²) in [5.74, 6) is 0. The van der Waals surface area contributed by atoms with Gasteiger partial charge in [-0.2, -0.15) is 5.26 Å². The molecule has 92 valence electrons. The van der Waals surface area contributed by atoms with E-state index in [0.717, 1.165) is 19.5 Å². The summed E-state index contributed by atoms with van der Waals surface area (Å²) in [6.45, 7) is 6.37. The summed E-state index contributed by atoms with van der Waals surface area (Å²) in [6.07, 6.45) is 0.800. The van der Waals surface area contributed by atoms with E-state index in [1.54, 1.807) is 0 Å². The number of hydrogen-bond donors (Lipinski definition) is 1. The number of aliphatic hydroxyl groups excluding tert-OH is 1. The standard InChI is InChI=1S/C14H20N2O/c1-3-16(9-4-10-17)12(2)14-7-5-13(11-15)6-8-14/h5-8,12,17H,3-4,9-10H2,1-2H3. The van der Waals surface area contributed by atoms with Crippen LogP contribution in [0.25, 0.3) is 0 Å². The summed E-state index contributed by atoms with van der Waals surface area (Å²) >= 11 is 0. The Balaban J connectivity index is 2.72. The molecule has 0 aliphatic carbocycles. The minimum atomic E-state index is 0.233. The van der Waals surface area contributed by atoms with Crippen molar-refractivity contribution in [2.45, 2.75) is 26.3 Å². The zero-order chi connectivity index (χ0) is 12.7. The van der Waals surface area contributed by atoms with Gasteiger partial charge in [0.05, 0.1) is 11.6 Å². The van der Waals surface area contributed by atoms with Gasteiger partial charge in [-0.1, -0.05) is 19.1 Å². The van der Waals surface area contributed by atoms with Gasteiger partial charge in [0.2, 0.25) is 0 Å². The molecule has 1 unspecified atom stereocenters. The number of benzene rings is 1. The van der Waals surface area contributed by atoms with Crippen LogP contribution >= 0.6 is 0 Å². The van der Waals surface area contributed by atoms with Crippen LogP contribution in [0.15, 0.2) is 24.3 Å². The molecule has 0 amide bonds. The third-order valence-electron chi connectivity index (χ3n) is 3.08. The van der Waals surface area contributed by atoms with Crippen molar-refractivity contribution in [1.82, 2.24) is 4.90 Å². The van der Waals surface area contributed by atoms with Crippen molar-refractivity contribution in [3.05, 3.63) is 35.4 Å². The maximum atomic E-state index is 8.87. The summed E-state index contributed by atoms with van der Waals surface area (Å²) in [7, 11) is 0. The Morgan fingerprint density at radius 2 is 2.00 bits per heavy atom. The number of nitriles is 1. The second-order valence-corrected chi connectivity index (χ2v) is 4.12. The van der Waals surface area contributed by atoms with E-state index in [9.17, 15) is 0 Å². The Bertz CT molecular complexity index is 367. The van der Waals surface area contributed by atoms with Crippen molar-refractivity contribution in [2.75, 3.05) is 19.7 Å². The number of nitrogens with zero attached hydrogens (tertiary/aromatic N) is 2. The second kappa shape index (κ2) is 7.05. The summed E-state index contributed by atoms with van der Waals surface area (Å²) < 4.78 is 0. The molecule has 0 bridgehead atoms. The molecule has 0 spiro atoms. The van der Waals surface area contributed by atoms with Gasteiger partial charge >= 0.3 is 0 Å². The van der Waals surface area contributed by atoms with E-state index in [-0.39, 0.29) is 6.61 Å². The van der Waals surface area contributed by atoms with Gasteiger partial charge in [0.25, 0.3) is 0 Å². The SMILES string of the molecule is CCN(CCCO)C(C)c1ccc(C#N)cc1. The molecule has 1 aromatic rings. The van der Waals surface area contributed by atoms with Crippen LogP contribution in [-0.4, -0.2) is 29.7 Å². The molecule has 0 fully saturated rings. The van der Waals surface area contributed by atoms with E-state index < -0.39 is 0 Å². The Labute approximate surface area is 103 Å². The Morgan fingerprint density at radius 1 is 1.35 bits per heavy atom. The molecule has 1 N–H and O–H groups in total.